The summed E-state index contributed by atoms with van der Waals surface area (Å²) in [6.07, 6.45) is 12.5. The number of nitrogens with zero attached hydrogens (tertiary/aromatic N) is 1. The zero-order valence-corrected chi connectivity index (χ0v) is 12.1. The highest BCUT2D eigenvalue weighted by Crippen LogP contribution is 2.31. The van der Waals surface area contributed by atoms with Crippen LogP contribution in [0.25, 0.3) is 0 Å². The van der Waals surface area contributed by atoms with Crippen LogP contribution in [0, 0.1) is 5.92 Å². The van der Waals surface area contributed by atoms with E-state index in [2.05, 4.69) is 22.9 Å². The Morgan fingerprint density at radius 1 is 0.875 bits per heavy atom. The lowest BCUT2D eigenvalue weighted by atomic mass is 9.87. The molecule has 2 nitrogen and oxygen atoms in total. The highest BCUT2D eigenvalue weighted by molar-refractivity contribution is 14.1. The van der Waals surface area contributed by atoms with E-state index in [9.17, 15) is 4.79 Å². The van der Waals surface area contributed by atoms with E-state index in [0.29, 0.717) is 17.9 Å². The number of amides is 1. The molecule has 92 valence electrons. The molecule has 3 heteroatoms. The SMILES string of the molecule is O=C(C1CCCCC1)N(I)C1CCCCC1. The Bertz CT molecular complexity index is 232. The van der Waals surface area contributed by atoms with Crippen LogP contribution in [0.15, 0.2) is 0 Å². The zero-order chi connectivity index (χ0) is 11.4. The third kappa shape index (κ3) is 3.11. The second-order valence-electron chi connectivity index (χ2n) is 5.28. The molecule has 0 aromatic carbocycles. The monoisotopic (exact) mass is 335 g/mol. The molecule has 0 N–H and O–H groups in total. The van der Waals surface area contributed by atoms with Gasteiger partial charge in [0.15, 0.2) is 0 Å². The van der Waals surface area contributed by atoms with Gasteiger partial charge in [-0.25, -0.2) is 0 Å². The lowest BCUT2D eigenvalue weighted by Crippen LogP contribution is -2.38. The summed E-state index contributed by atoms with van der Waals surface area (Å²) in [5.41, 5.74) is 0. The van der Waals surface area contributed by atoms with Crippen LogP contribution in [0.3, 0.4) is 0 Å². The molecule has 2 saturated carbocycles. The minimum atomic E-state index is 0.340. The first kappa shape index (κ1) is 12.7. The molecule has 0 unspecified atom stereocenters. The fourth-order valence-electron chi connectivity index (χ4n) is 3.01. The minimum Gasteiger partial charge on any atom is -0.282 e. The zero-order valence-electron chi connectivity index (χ0n) is 9.96. The Balaban J connectivity index is 1.86. The van der Waals surface area contributed by atoms with Gasteiger partial charge >= 0.3 is 0 Å². The van der Waals surface area contributed by atoms with Crippen LogP contribution in [-0.4, -0.2) is 15.1 Å². The van der Waals surface area contributed by atoms with Crippen LogP contribution < -0.4 is 0 Å². The molecule has 2 rings (SSSR count). The van der Waals surface area contributed by atoms with Crippen LogP contribution in [0.2, 0.25) is 0 Å². The molecule has 0 aromatic heterocycles. The molecule has 2 fully saturated rings. The largest absolute Gasteiger partial charge is 0.282 e. The van der Waals surface area contributed by atoms with E-state index in [-0.39, 0.29) is 0 Å². The normalized spacial score (nSPS) is 24.3. The van der Waals surface area contributed by atoms with Crippen molar-refractivity contribution >= 4 is 28.8 Å². The second kappa shape index (κ2) is 6.22. The number of carbonyl (C=O) groups is 1. The van der Waals surface area contributed by atoms with Crippen molar-refractivity contribution in [1.29, 1.82) is 0 Å². The first-order valence-corrected chi connectivity index (χ1v) is 7.74. The molecule has 0 heterocycles. The summed E-state index contributed by atoms with van der Waals surface area (Å²) in [6.45, 7) is 0. The molecule has 0 aromatic rings. The Morgan fingerprint density at radius 2 is 1.38 bits per heavy atom. The third-order valence-corrected chi connectivity index (χ3v) is 5.32. The molecule has 16 heavy (non-hydrogen) atoms. The third-order valence-electron chi connectivity index (χ3n) is 4.06. The summed E-state index contributed by atoms with van der Waals surface area (Å²) in [5.74, 6) is 0.764. The van der Waals surface area contributed by atoms with Crippen molar-refractivity contribution in [2.75, 3.05) is 0 Å². The molecule has 0 atom stereocenters. The summed E-state index contributed by atoms with van der Waals surface area (Å²) in [6, 6.07) is 0.531. The van der Waals surface area contributed by atoms with Gasteiger partial charge in [-0.05, 0) is 25.7 Å². The van der Waals surface area contributed by atoms with Crippen molar-refractivity contribution < 1.29 is 4.79 Å². The van der Waals surface area contributed by atoms with Gasteiger partial charge in [0.25, 0.3) is 0 Å². The van der Waals surface area contributed by atoms with Crippen molar-refractivity contribution in [2.45, 2.75) is 70.3 Å². The van der Waals surface area contributed by atoms with E-state index in [1.165, 1.54) is 51.4 Å². The van der Waals surface area contributed by atoms with Gasteiger partial charge in [-0.15, -0.1) is 0 Å². The number of hydrogen-bond acceptors (Lipinski definition) is 1. The number of halogens is 1. The van der Waals surface area contributed by atoms with Crippen molar-refractivity contribution in [3.8, 4) is 0 Å². The highest BCUT2D eigenvalue weighted by atomic mass is 127. The van der Waals surface area contributed by atoms with E-state index in [1.54, 1.807) is 0 Å². The van der Waals surface area contributed by atoms with Crippen molar-refractivity contribution in [3.05, 3.63) is 0 Å². The maximum atomic E-state index is 12.3. The summed E-state index contributed by atoms with van der Waals surface area (Å²) in [7, 11) is 0. The molecule has 2 aliphatic rings. The van der Waals surface area contributed by atoms with Crippen LogP contribution >= 0.6 is 22.9 Å². The Morgan fingerprint density at radius 3 is 1.94 bits per heavy atom. The van der Waals surface area contributed by atoms with Crippen molar-refractivity contribution in [1.82, 2.24) is 3.11 Å². The summed E-state index contributed by atoms with van der Waals surface area (Å²) in [4.78, 5) is 12.3. The number of hydrogen-bond donors (Lipinski definition) is 0. The van der Waals surface area contributed by atoms with Gasteiger partial charge < -0.3 is 0 Å². The van der Waals surface area contributed by atoms with Gasteiger partial charge in [-0.1, -0.05) is 38.5 Å². The lowest BCUT2D eigenvalue weighted by molar-refractivity contribution is -0.131. The molecule has 1 amide bonds. The molecule has 2 aliphatic carbocycles. The average molecular weight is 335 g/mol. The summed E-state index contributed by atoms with van der Waals surface area (Å²) < 4.78 is 2.05. The highest BCUT2D eigenvalue weighted by Gasteiger charge is 2.29. The quantitative estimate of drug-likeness (QED) is 0.550. The molecule has 0 saturated heterocycles. The van der Waals surface area contributed by atoms with Crippen molar-refractivity contribution in [3.63, 3.8) is 0 Å². The van der Waals surface area contributed by atoms with Crippen LogP contribution in [0.4, 0.5) is 0 Å². The molecule has 0 radical (unpaired) electrons. The predicted octanol–water partition coefficient (Wildman–Crippen LogP) is 4.08. The smallest absolute Gasteiger partial charge is 0.234 e. The van der Waals surface area contributed by atoms with Crippen molar-refractivity contribution in [2.24, 2.45) is 5.92 Å². The molecule has 0 bridgehead atoms. The second-order valence-corrected chi connectivity index (χ2v) is 6.32. The van der Waals surface area contributed by atoms with E-state index >= 15 is 0 Å². The van der Waals surface area contributed by atoms with Gasteiger partial charge in [0.2, 0.25) is 5.91 Å². The Hall–Kier alpha value is 0.200. The minimum absolute atomic E-state index is 0.340. The van der Waals surface area contributed by atoms with E-state index in [0.717, 1.165) is 12.8 Å². The maximum absolute atomic E-state index is 12.3. The van der Waals surface area contributed by atoms with E-state index in [1.807, 2.05) is 3.11 Å². The molecule has 0 aliphatic heterocycles. The van der Waals surface area contributed by atoms with Crippen LogP contribution in [0.5, 0.6) is 0 Å². The molecular formula is C13H22INO. The van der Waals surface area contributed by atoms with Gasteiger partial charge in [0.1, 0.15) is 0 Å². The van der Waals surface area contributed by atoms with E-state index < -0.39 is 0 Å². The van der Waals surface area contributed by atoms with Gasteiger partial charge in [0.05, 0.1) is 22.9 Å². The maximum Gasteiger partial charge on any atom is 0.234 e. The molecule has 0 spiro atoms. The Labute approximate surface area is 113 Å². The van der Waals surface area contributed by atoms with Crippen LogP contribution in [-0.2, 0) is 4.79 Å². The predicted molar refractivity (Wildman–Crippen MR) is 74.3 cm³/mol. The van der Waals surface area contributed by atoms with Gasteiger partial charge in [-0.2, -0.15) is 0 Å². The average Bonchev–Trinajstić information content (AvgIpc) is 2.39. The fraction of sp³-hybridized carbons (Fsp3) is 0.923. The number of carbonyl (C=O) groups excluding carboxylic acids is 1. The lowest BCUT2D eigenvalue weighted by Gasteiger charge is -2.32. The first-order chi connectivity index (χ1) is 7.79. The number of rotatable bonds is 2. The standard InChI is InChI=1S/C13H22INO/c14-15(12-9-5-2-6-10-12)13(16)11-7-3-1-4-8-11/h11-12H,1-10H2. The van der Waals surface area contributed by atoms with Gasteiger partial charge in [0, 0.05) is 12.0 Å². The van der Waals surface area contributed by atoms with Crippen LogP contribution in [0.1, 0.15) is 64.2 Å². The summed E-state index contributed by atoms with van der Waals surface area (Å²) in [5, 5.41) is 0. The summed E-state index contributed by atoms with van der Waals surface area (Å²) >= 11 is 2.27. The fourth-order valence-corrected chi connectivity index (χ4v) is 3.96. The Kier molecular flexibility index (Phi) is 4.92. The topological polar surface area (TPSA) is 20.3 Å². The first-order valence-electron chi connectivity index (χ1n) is 6.78. The van der Waals surface area contributed by atoms with E-state index in [4.69, 9.17) is 0 Å². The molecular weight excluding hydrogens is 313 g/mol. The van der Waals surface area contributed by atoms with Gasteiger partial charge in [-0.3, -0.25) is 7.91 Å².